The van der Waals surface area contributed by atoms with Gasteiger partial charge in [-0.3, -0.25) is 14.4 Å². The van der Waals surface area contributed by atoms with Gasteiger partial charge in [0.2, 0.25) is 0 Å². The molecule has 0 saturated carbocycles. The lowest BCUT2D eigenvalue weighted by Gasteiger charge is -2.18. The Morgan fingerprint density at radius 2 is 0.541 bits per heavy atom. The minimum absolute atomic E-state index is 0.0733. The van der Waals surface area contributed by atoms with E-state index in [1.165, 1.54) is 180 Å². The van der Waals surface area contributed by atoms with Crippen LogP contribution >= 0.6 is 0 Å². The molecule has 0 N–H and O–H groups in total. The minimum atomic E-state index is -0.774. The summed E-state index contributed by atoms with van der Waals surface area (Å²) in [5.74, 6) is -0.876. The van der Waals surface area contributed by atoms with Gasteiger partial charge in [0, 0.05) is 19.3 Å². The van der Waals surface area contributed by atoms with Crippen LogP contribution in [0.2, 0.25) is 0 Å². The van der Waals surface area contributed by atoms with Gasteiger partial charge in [-0.25, -0.2) is 0 Å². The van der Waals surface area contributed by atoms with Crippen LogP contribution in [-0.2, 0) is 28.6 Å². The summed E-state index contributed by atoms with van der Waals surface area (Å²) in [6.07, 6.45) is 57.3. The number of hydrogen-bond donors (Lipinski definition) is 0. The monoisotopic (exact) mass is 859 g/mol. The summed E-state index contributed by atoms with van der Waals surface area (Å²) in [7, 11) is 0. The Hall–Kier alpha value is -2.11. The first-order valence-electron chi connectivity index (χ1n) is 26.8. The number of esters is 3. The van der Waals surface area contributed by atoms with Crippen LogP contribution in [0.15, 0.2) is 24.3 Å². The van der Waals surface area contributed by atoms with Crippen LogP contribution < -0.4 is 0 Å². The molecule has 0 aliphatic carbocycles. The molecule has 0 bridgehead atoms. The molecule has 0 aromatic carbocycles. The fourth-order valence-electron chi connectivity index (χ4n) is 7.84. The molecule has 0 aliphatic heterocycles. The van der Waals surface area contributed by atoms with Crippen molar-refractivity contribution in [3.8, 4) is 0 Å². The number of unbranched alkanes of at least 4 members (excludes halogenated alkanes) is 34. The zero-order valence-corrected chi connectivity index (χ0v) is 40.9. The molecule has 0 rings (SSSR count). The Balaban J connectivity index is 4.35. The Bertz CT molecular complexity index is 989. The first kappa shape index (κ1) is 58.9. The van der Waals surface area contributed by atoms with Gasteiger partial charge in [0.25, 0.3) is 0 Å². The maximum atomic E-state index is 12.8. The molecule has 0 unspecified atom stereocenters. The van der Waals surface area contributed by atoms with Gasteiger partial charge < -0.3 is 14.2 Å². The normalized spacial score (nSPS) is 12.1. The maximum absolute atomic E-state index is 12.8. The Morgan fingerprint density at radius 3 is 0.836 bits per heavy atom. The summed E-state index contributed by atoms with van der Waals surface area (Å²) in [5, 5.41) is 0. The van der Waals surface area contributed by atoms with E-state index >= 15 is 0 Å². The highest BCUT2D eigenvalue weighted by atomic mass is 16.6. The average molecular weight is 859 g/mol. The van der Waals surface area contributed by atoms with E-state index < -0.39 is 6.10 Å². The summed E-state index contributed by atoms with van der Waals surface area (Å²) < 4.78 is 16.8. The van der Waals surface area contributed by atoms with Crippen molar-refractivity contribution in [1.82, 2.24) is 0 Å². The highest BCUT2D eigenvalue weighted by molar-refractivity contribution is 5.71. The molecule has 0 fully saturated rings. The van der Waals surface area contributed by atoms with E-state index in [1.54, 1.807) is 0 Å². The standard InChI is InChI=1S/C55H102O6/c1-4-7-10-13-16-19-22-25-27-30-32-35-38-41-44-47-53(56)59-50-52(61-55(58)49-46-43-40-37-34-29-24-21-18-15-12-9-6-3)51-60-54(57)48-45-42-39-36-33-31-28-26-23-20-17-14-11-8-5-2/h21,24-25,27,52H,4-20,22-23,26,28-51H2,1-3H3/b24-21-,27-25-/t52-/m1/s1. The van der Waals surface area contributed by atoms with Gasteiger partial charge in [-0.2, -0.15) is 0 Å². The van der Waals surface area contributed by atoms with Crippen molar-refractivity contribution >= 4 is 17.9 Å². The van der Waals surface area contributed by atoms with Crippen molar-refractivity contribution in [2.45, 2.75) is 297 Å². The predicted molar refractivity (Wildman–Crippen MR) is 261 cm³/mol. The third-order valence-electron chi connectivity index (χ3n) is 11.9. The molecule has 0 heterocycles. The van der Waals surface area contributed by atoms with Gasteiger partial charge in [0.15, 0.2) is 6.10 Å². The molecular weight excluding hydrogens is 757 g/mol. The number of allylic oxidation sites excluding steroid dienone is 4. The lowest BCUT2D eigenvalue weighted by molar-refractivity contribution is -0.167. The maximum Gasteiger partial charge on any atom is 0.306 e. The third-order valence-corrected chi connectivity index (χ3v) is 11.9. The molecule has 0 radical (unpaired) electrons. The SMILES string of the molecule is CCCCCC/C=C\CCCCCCCC(=O)O[C@H](COC(=O)CCCCCCC/C=C\CCCCCCCC)COC(=O)CCCCCCCCCCCCCCCCC. The van der Waals surface area contributed by atoms with Gasteiger partial charge in [-0.15, -0.1) is 0 Å². The van der Waals surface area contributed by atoms with Crippen molar-refractivity contribution < 1.29 is 28.6 Å². The fraction of sp³-hybridized carbons (Fsp3) is 0.873. The van der Waals surface area contributed by atoms with Crippen LogP contribution in [0.4, 0.5) is 0 Å². The van der Waals surface area contributed by atoms with Gasteiger partial charge in [0.05, 0.1) is 0 Å². The number of carbonyl (C=O) groups is 3. The van der Waals surface area contributed by atoms with Crippen molar-refractivity contribution in [3.05, 3.63) is 24.3 Å². The van der Waals surface area contributed by atoms with Crippen LogP contribution in [-0.4, -0.2) is 37.2 Å². The quantitative estimate of drug-likeness (QED) is 0.0262. The Kier molecular flexibility index (Phi) is 48.8. The van der Waals surface area contributed by atoms with Gasteiger partial charge in [0.1, 0.15) is 13.2 Å². The largest absolute Gasteiger partial charge is 0.462 e. The molecular formula is C55H102O6. The summed E-state index contributed by atoms with van der Waals surface area (Å²) in [4.78, 5) is 38.0. The minimum Gasteiger partial charge on any atom is -0.462 e. The summed E-state index contributed by atoms with van der Waals surface area (Å²) in [6, 6.07) is 0. The third kappa shape index (κ3) is 48.8. The molecule has 0 spiro atoms. The molecule has 0 amide bonds. The second kappa shape index (κ2) is 50.5. The van der Waals surface area contributed by atoms with Crippen LogP contribution in [0.3, 0.4) is 0 Å². The zero-order chi connectivity index (χ0) is 44.4. The molecule has 6 nitrogen and oxygen atoms in total. The summed E-state index contributed by atoms with van der Waals surface area (Å²) in [6.45, 7) is 6.64. The van der Waals surface area contributed by atoms with E-state index in [1.807, 2.05) is 0 Å². The molecule has 358 valence electrons. The average Bonchev–Trinajstić information content (AvgIpc) is 3.26. The topological polar surface area (TPSA) is 78.9 Å². The highest BCUT2D eigenvalue weighted by Gasteiger charge is 2.19. The summed E-state index contributed by atoms with van der Waals surface area (Å²) >= 11 is 0. The van der Waals surface area contributed by atoms with Gasteiger partial charge in [-0.1, -0.05) is 225 Å². The molecule has 0 aromatic rings. The Morgan fingerprint density at radius 1 is 0.311 bits per heavy atom. The van der Waals surface area contributed by atoms with Crippen molar-refractivity contribution in [3.63, 3.8) is 0 Å². The number of rotatable bonds is 49. The Labute approximate surface area is 379 Å². The number of carbonyl (C=O) groups excluding carboxylic acids is 3. The van der Waals surface area contributed by atoms with Crippen LogP contribution in [0, 0.1) is 0 Å². The van der Waals surface area contributed by atoms with E-state index in [0.29, 0.717) is 19.3 Å². The van der Waals surface area contributed by atoms with E-state index in [0.717, 1.165) is 70.6 Å². The van der Waals surface area contributed by atoms with E-state index in [2.05, 4.69) is 45.1 Å². The van der Waals surface area contributed by atoms with E-state index in [4.69, 9.17) is 14.2 Å². The zero-order valence-electron chi connectivity index (χ0n) is 40.9. The summed E-state index contributed by atoms with van der Waals surface area (Å²) in [5.41, 5.74) is 0. The van der Waals surface area contributed by atoms with Gasteiger partial charge in [-0.05, 0) is 70.6 Å². The fourth-order valence-corrected chi connectivity index (χ4v) is 7.84. The lowest BCUT2D eigenvalue weighted by atomic mass is 10.0. The molecule has 0 aromatic heterocycles. The van der Waals surface area contributed by atoms with Crippen molar-refractivity contribution in [2.24, 2.45) is 0 Å². The smallest absolute Gasteiger partial charge is 0.306 e. The first-order valence-corrected chi connectivity index (χ1v) is 26.8. The van der Waals surface area contributed by atoms with E-state index in [9.17, 15) is 14.4 Å². The highest BCUT2D eigenvalue weighted by Crippen LogP contribution is 2.16. The number of ether oxygens (including phenoxy) is 3. The van der Waals surface area contributed by atoms with Crippen LogP contribution in [0.1, 0.15) is 290 Å². The van der Waals surface area contributed by atoms with Crippen LogP contribution in [0.25, 0.3) is 0 Å². The number of hydrogen-bond acceptors (Lipinski definition) is 6. The lowest BCUT2D eigenvalue weighted by Crippen LogP contribution is -2.30. The second-order valence-electron chi connectivity index (χ2n) is 18.1. The predicted octanol–water partition coefficient (Wildman–Crippen LogP) is 17.5. The molecule has 61 heavy (non-hydrogen) atoms. The van der Waals surface area contributed by atoms with Crippen molar-refractivity contribution in [1.29, 1.82) is 0 Å². The molecule has 0 saturated heterocycles. The second-order valence-corrected chi connectivity index (χ2v) is 18.1. The van der Waals surface area contributed by atoms with Gasteiger partial charge >= 0.3 is 17.9 Å². The molecule has 1 atom stereocenters. The van der Waals surface area contributed by atoms with E-state index in [-0.39, 0.29) is 31.1 Å². The molecule has 0 aliphatic rings. The molecule has 6 heteroatoms. The van der Waals surface area contributed by atoms with Crippen LogP contribution in [0.5, 0.6) is 0 Å². The van der Waals surface area contributed by atoms with Crippen molar-refractivity contribution in [2.75, 3.05) is 13.2 Å². The first-order chi connectivity index (χ1) is 30.0.